The van der Waals surface area contributed by atoms with E-state index < -0.39 is 0 Å². The maximum Gasteiger partial charge on any atom is 0.159 e. The van der Waals surface area contributed by atoms with E-state index in [1.165, 1.54) is 38.2 Å². The van der Waals surface area contributed by atoms with Crippen LogP contribution in [0, 0.1) is 6.92 Å². The summed E-state index contributed by atoms with van der Waals surface area (Å²) in [5, 5.41) is 7.14. The van der Waals surface area contributed by atoms with E-state index in [1.54, 1.807) is 0 Å². The molecule has 0 radical (unpaired) electrons. The van der Waals surface area contributed by atoms with Crippen LogP contribution in [0.5, 0.6) is 0 Å². The standard InChI is InChI=1S/C39H27NO/c1-26-12-2-8-21-34(26)40(36-22-11-20-33-31-18-7-9-23-37(31)41-39(33)36)35-25-24-28-14-4-6-17-30(28)38(35)32-19-10-15-27-13-3-5-16-29(27)32/h2-25H,1H3. The molecule has 0 aliphatic rings. The average Bonchev–Trinajstić information content (AvgIpc) is 3.41. The first-order chi connectivity index (χ1) is 20.3. The van der Waals surface area contributed by atoms with Gasteiger partial charge >= 0.3 is 0 Å². The zero-order valence-corrected chi connectivity index (χ0v) is 22.7. The molecule has 0 bridgehead atoms. The van der Waals surface area contributed by atoms with Gasteiger partial charge in [-0.2, -0.15) is 0 Å². The molecule has 0 aliphatic heterocycles. The minimum atomic E-state index is 0.883. The monoisotopic (exact) mass is 525 g/mol. The van der Waals surface area contributed by atoms with Crippen molar-refractivity contribution in [3.63, 3.8) is 0 Å². The van der Waals surface area contributed by atoms with Gasteiger partial charge in [0.05, 0.1) is 11.4 Å². The zero-order valence-electron chi connectivity index (χ0n) is 22.7. The summed E-state index contributed by atoms with van der Waals surface area (Å²) in [5.74, 6) is 0. The topological polar surface area (TPSA) is 16.4 Å². The molecule has 41 heavy (non-hydrogen) atoms. The summed E-state index contributed by atoms with van der Waals surface area (Å²) in [6.07, 6.45) is 0. The minimum absolute atomic E-state index is 0.883. The average molecular weight is 526 g/mol. The van der Waals surface area contributed by atoms with Crippen LogP contribution in [0.4, 0.5) is 17.1 Å². The van der Waals surface area contributed by atoms with Crippen LogP contribution in [-0.4, -0.2) is 0 Å². The molecule has 7 aromatic carbocycles. The summed E-state index contributed by atoms with van der Waals surface area (Å²) in [4.78, 5) is 2.39. The van der Waals surface area contributed by atoms with E-state index >= 15 is 0 Å². The maximum absolute atomic E-state index is 6.61. The Balaban J connectivity index is 1.53. The highest BCUT2D eigenvalue weighted by Crippen LogP contribution is 2.49. The van der Waals surface area contributed by atoms with Gasteiger partial charge in [-0.1, -0.05) is 121 Å². The Hall–Kier alpha value is -5.34. The molecular formula is C39H27NO. The lowest BCUT2D eigenvalue weighted by Crippen LogP contribution is -2.13. The van der Waals surface area contributed by atoms with Crippen molar-refractivity contribution < 1.29 is 4.42 Å². The van der Waals surface area contributed by atoms with Gasteiger partial charge in [0.1, 0.15) is 5.58 Å². The lowest BCUT2D eigenvalue weighted by Gasteiger charge is -2.30. The van der Waals surface area contributed by atoms with Gasteiger partial charge in [0.15, 0.2) is 5.58 Å². The number of benzene rings is 7. The van der Waals surface area contributed by atoms with Crippen molar-refractivity contribution >= 4 is 60.5 Å². The van der Waals surface area contributed by atoms with Crippen LogP contribution in [0.15, 0.2) is 150 Å². The van der Waals surface area contributed by atoms with Crippen LogP contribution >= 0.6 is 0 Å². The lowest BCUT2D eigenvalue weighted by molar-refractivity contribution is 0.669. The maximum atomic E-state index is 6.61. The van der Waals surface area contributed by atoms with Gasteiger partial charge in [0, 0.05) is 22.0 Å². The van der Waals surface area contributed by atoms with E-state index in [9.17, 15) is 0 Å². The van der Waals surface area contributed by atoms with Crippen molar-refractivity contribution in [3.8, 4) is 11.1 Å². The van der Waals surface area contributed by atoms with Gasteiger partial charge in [0.25, 0.3) is 0 Å². The van der Waals surface area contributed by atoms with E-state index in [1.807, 2.05) is 6.07 Å². The van der Waals surface area contributed by atoms with Crippen molar-refractivity contribution in [3.05, 3.63) is 151 Å². The van der Waals surface area contributed by atoms with Crippen LogP contribution in [0.1, 0.15) is 5.56 Å². The summed E-state index contributed by atoms with van der Waals surface area (Å²) in [5.41, 5.74) is 8.64. The third-order valence-electron chi connectivity index (χ3n) is 8.19. The van der Waals surface area contributed by atoms with Crippen LogP contribution in [0.2, 0.25) is 0 Å². The Bertz CT molecular complexity index is 2230. The Morgan fingerprint density at radius 3 is 1.90 bits per heavy atom. The number of nitrogens with zero attached hydrogens (tertiary/aromatic N) is 1. The van der Waals surface area contributed by atoms with Crippen molar-refractivity contribution in [1.82, 2.24) is 0 Å². The SMILES string of the molecule is Cc1ccccc1N(c1ccc2ccccc2c1-c1cccc2ccccc12)c1cccc2c1oc1ccccc12. The van der Waals surface area contributed by atoms with Gasteiger partial charge in [-0.25, -0.2) is 0 Å². The number of furan rings is 1. The Labute approximate surface area is 238 Å². The second-order valence-corrected chi connectivity index (χ2v) is 10.6. The van der Waals surface area contributed by atoms with Crippen LogP contribution in [-0.2, 0) is 0 Å². The minimum Gasteiger partial charge on any atom is -0.454 e. The Kier molecular flexibility index (Phi) is 5.39. The zero-order chi connectivity index (χ0) is 27.3. The van der Waals surface area contributed by atoms with E-state index in [0.29, 0.717) is 0 Å². The summed E-state index contributed by atoms with van der Waals surface area (Å²) in [6.45, 7) is 2.18. The largest absolute Gasteiger partial charge is 0.454 e. The molecule has 2 nitrogen and oxygen atoms in total. The molecule has 0 N–H and O–H groups in total. The van der Waals surface area contributed by atoms with Crippen molar-refractivity contribution in [1.29, 1.82) is 0 Å². The predicted octanol–water partition coefficient (Wildman–Crippen LogP) is 11.3. The smallest absolute Gasteiger partial charge is 0.159 e. The number of fused-ring (bicyclic) bond motifs is 5. The fraction of sp³-hybridized carbons (Fsp3) is 0.0256. The summed E-state index contributed by atoms with van der Waals surface area (Å²) in [6, 6.07) is 51.9. The number of anilines is 3. The van der Waals surface area contributed by atoms with E-state index in [2.05, 4.69) is 151 Å². The van der Waals surface area contributed by atoms with Crippen LogP contribution in [0.25, 0.3) is 54.6 Å². The molecule has 0 unspecified atom stereocenters. The molecule has 1 aromatic heterocycles. The van der Waals surface area contributed by atoms with Gasteiger partial charge < -0.3 is 9.32 Å². The molecule has 2 heteroatoms. The third-order valence-corrected chi connectivity index (χ3v) is 8.19. The molecule has 0 saturated carbocycles. The molecule has 1 heterocycles. The fourth-order valence-electron chi connectivity index (χ4n) is 6.28. The van der Waals surface area contributed by atoms with Gasteiger partial charge in [-0.05, 0) is 63.9 Å². The summed E-state index contributed by atoms with van der Waals surface area (Å²) < 4.78 is 6.61. The molecule has 8 rings (SSSR count). The summed E-state index contributed by atoms with van der Waals surface area (Å²) >= 11 is 0. The predicted molar refractivity (Wildman–Crippen MR) is 174 cm³/mol. The third kappa shape index (κ3) is 3.72. The van der Waals surface area contributed by atoms with Gasteiger partial charge in [-0.15, -0.1) is 0 Å². The Morgan fingerprint density at radius 2 is 1.05 bits per heavy atom. The first-order valence-electron chi connectivity index (χ1n) is 14.0. The number of para-hydroxylation sites is 3. The van der Waals surface area contributed by atoms with Crippen LogP contribution in [0.3, 0.4) is 0 Å². The molecule has 0 atom stereocenters. The van der Waals surface area contributed by atoms with E-state index in [-0.39, 0.29) is 0 Å². The van der Waals surface area contributed by atoms with Gasteiger partial charge in [-0.3, -0.25) is 0 Å². The molecule has 0 spiro atoms. The molecule has 194 valence electrons. The molecular weight excluding hydrogens is 498 g/mol. The molecule has 0 saturated heterocycles. The van der Waals surface area contributed by atoms with Crippen LogP contribution < -0.4 is 4.90 Å². The summed E-state index contributed by atoms with van der Waals surface area (Å²) in [7, 11) is 0. The Morgan fingerprint density at radius 1 is 0.439 bits per heavy atom. The number of rotatable bonds is 4. The fourth-order valence-corrected chi connectivity index (χ4v) is 6.28. The van der Waals surface area contributed by atoms with E-state index in [0.717, 1.165) is 39.0 Å². The first-order valence-corrected chi connectivity index (χ1v) is 14.0. The van der Waals surface area contributed by atoms with Crippen molar-refractivity contribution in [2.24, 2.45) is 0 Å². The second-order valence-electron chi connectivity index (χ2n) is 10.6. The van der Waals surface area contributed by atoms with Gasteiger partial charge in [0.2, 0.25) is 0 Å². The lowest BCUT2D eigenvalue weighted by atomic mass is 9.91. The number of hydrogen-bond donors (Lipinski definition) is 0. The van der Waals surface area contributed by atoms with Crippen molar-refractivity contribution in [2.75, 3.05) is 4.90 Å². The first kappa shape index (κ1) is 23.5. The highest BCUT2D eigenvalue weighted by Gasteiger charge is 2.24. The number of aryl methyl sites for hydroxylation is 1. The number of hydrogen-bond acceptors (Lipinski definition) is 2. The van der Waals surface area contributed by atoms with Crippen molar-refractivity contribution in [2.45, 2.75) is 6.92 Å². The quantitative estimate of drug-likeness (QED) is 0.227. The molecule has 0 amide bonds. The molecule has 0 fully saturated rings. The molecule has 0 aliphatic carbocycles. The normalized spacial score (nSPS) is 11.5. The highest BCUT2D eigenvalue weighted by molar-refractivity contribution is 6.14. The second kappa shape index (κ2) is 9.39. The highest BCUT2D eigenvalue weighted by atomic mass is 16.3. The molecule has 8 aromatic rings. The van der Waals surface area contributed by atoms with E-state index in [4.69, 9.17) is 4.42 Å².